The number of hydrogen-bond acceptors (Lipinski definition) is 3. The number of hydrogen-bond donors (Lipinski definition) is 2. The van der Waals surface area contributed by atoms with E-state index in [1.165, 1.54) is 12.1 Å². The SMILES string of the molecule is CCSc1cccc(NCc2cccc(F)c2)c1C(N)=S. The molecule has 2 aromatic rings. The smallest absolute Gasteiger partial charge is 0.123 e. The molecule has 2 nitrogen and oxygen atoms in total. The highest BCUT2D eigenvalue weighted by Gasteiger charge is 2.11. The molecule has 2 aromatic carbocycles. The molecular weight excluding hydrogens is 303 g/mol. The molecule has 0 fully saturated rings. The third-order valence-electron chi connectivity index (χ3n) is 2.94. The lowest BCUT2D eigenvalue weighted by Crippen LogP contribution is -2.14. The van der Waals surface area contributed by atoms with E-state index in [2.05, 4.69) is 12.2 Å². The van der Waals surface area contributed by atoms with Crippen molar-refractivity contribution in [2.45, 2.75) is 18.4 Å². The second-order valence-corrected chi connectivity index (χ2v) is 6.21. The van der Waals surface area contributed by atoms with Gasteiger partial charge in [-0.25, -0.2) is 4.39 Å². The zero-order valence-electron chi connectivity index (χ0n) is 11.7. The van der Waals surface area contributed by atoms with Gasteiger partial charge in [0.05, 0.1) is 0 Å². The molecule has 0 atom stereocenters. The first-order valence-electron chi connectivity index (χ1n) is 6.65. The Hall–Kier alpha value is -1.59. The van der Waals surface area contributed by atoms with Crippen molar-refractivity contribution >= 4 is 34.7 Å². The minimum absolute atomic E-state index is 0.237. The Labute approximate surface area is 133 Å². The third-order valence-corrected chi connectivity index (χ3v) is 4.09. The summed E-state index contributed by atoms with van der Waals surface area (Å²) >= 11 is 6.87. The van der Waals surface area contributed by atoms with E-state index in [9.17, 15) is 4.39 Å². The molecular formula is C16H17FN2S2. The van der Waals surface area contributed by atoms with Gasteiger partial charge in [0.1, 0.15) is 10.8 Å². The fraction of sp³-hybridized carbons (Fsp3) is 0.188. The lowest BCUT2D eigenvalue weighted by atomic mass is 10.1. The van der Waals surface area contributed by atoms with E-state index in [1.54, 1.807) is 17.8 Å². The fourth-order valence-electron chi connectivity index (χ4n) is 2.05. The van der Waals surface area contributed by atoms with Gasteiger partial charge >= 0.3 is 0 Å². The summed E-state index contributed by atoms with van der Waals surface area (Å²) in [6.07, 6.45) is 0. The predicted octanol–water partition coefficient (Wildman–Crippen LogP) is 4.18. The van der Waals surface area contributed by atoms with Crippen LogP contribution >= 0.6 is 24.0 Å². The Morgan fingerprint density at radius 3 is 2.71 bits per heavy atom. The van der Waals surface area contributed by atoms with Gasteiger partial charge in [-0.15, -0.1) is 11.8 Å². The fourth-order valence-corrected chi connectivity index (χ4v) is 3.19. The van der Waals surface area contributed by atoms with Gasteiger partial charge in [-0.05, 0) is 35.6 Å². The molecule has 0 unspecified atom stereocenters. The Bertz CT molecular complexity index is 644. The number of benzene rings is 2. The van der Waals surface area contributed by atoms with Crippen molar-refractivity contribution in [2.24, 2.45) is 5.73 Å². The van der Waals surface area contributed by atoms with Crippen LogP contribution in [0.25, 0.3) is 0 Å². The van der Waals surface area contributed by atoms with Gasteiger partial charge < -0.3 is 11.1 Å². The maximum atomic E-state index is 13.2. The normalized spacial score (nSPS) is 10.4. The number of rotatable bonds is 6. The van der Waals surface area contributed by atoms with Crippen molar-refractivity contribution in [3.05, 3.63) is 59.4 Å². The summed E-state index contributed by atoms with van der Waals surface area (Å²) in [5.41, 5.74) is 8.47. The molecule has 0 amide bonds. The van der Waals surface area contributed by atoms with Gasteiger partial charge in [0.15, 0.2) is 0 Å². The summed E-state index contributed by atoms with van der Waals surface area (Å²) in [5.74, 6) is 0.710. The number of nitrogens with two attached hydrogens (primary N) is 1. The van der Waals surface area contributed by atoms with E-state index in [0.29, 0.717) is 11.5 Å². The standard InChI is InChI=1S/C16H17FN2S2/c1-2-21-14-8-4-7-13(15(14)16(18)20)19-10-11-5-3-6-12(17)9-11/h3-9,19H,2,10H2,1H3,(H2,18,20). The average molecular weight is 320 g/mol. The first-order chi connectivity index (χ1) is 10.1. The van der Waals surface area contributed by atoms with Crippen LogP contribution in [0.2, 0.25) is 0 Å². The summed E-state index contributed by atoms with van der Waals surface area (Å²) in [6, 6.07) is 12.4. The summed E-state index contributed by atoms with van der Waals surface area (Å²) in [4.78, 5) is 1.43. The molecule has 0 saturated carbocycles. The molecule has 3 N–H and O–H groups in total. The molecule has 0 aliphatic rings. The molecule has 0 bridgehead atoms. The second-order valence-electron chi connectivity index (χ2n) is 4.46. The monoisotopic (exact) mass is 320 g/mol. The number of thiocarbonyl (C=S) groups is 1. The molecule has 21 heavy (non-hydrogen) atoms. The van der Waals surface area contributed by atoms with Crippen molar-refractivity contribution in [2.75, 3.05) is 11.1 Å². The quantitative estimate of drug-likeness (QED) is 0.618. The van der Waals surface area contributed by atoms with Gasteiger partial charge in [-0.1, -0.05) is 37.3 Å². The summed E-state index contributed by atoms with van der Waals surface area (Å²) < 4.78 is 13.2. The average Bonchev–Trinajstić information content (AvgIpc) is 2.45. The first kappa shape index (κ1) is 15.8. The van der Waals surface area contributed by atoms with Crippen molar-refractivity contribution in [3.8, 4) is 0 Å². The number of halogens is 1. The summed E-state index contributed by atoms with van der Waals surface area (Å²) in [6.45, 7) is 2.61. The van der Waals surface area contributed by atoms with Crippen LogP contribution in [0.15, 0.2) is 47.4 Å². The Balaban J connectivity index is 2.23. The van der Waals surface area contributed by atoms with Crippen molar-refractivity contribution in [3.63, 3.8) is 0 Å². The highest BCUT2D eigenvalue weighted by atomic mass is 32.2. The molecule has 0 radical (unpaired) electrons. The number of thioether (sulfide) groups is 1. The van der Waals surface area contributed by atoms with Gasteiger partial charge in [-0.3, -0.25) is 0 Å². The predicted molar refractivity (Wildman–Crippen MR) is 92.5 cm³/mol. The van der Waals surface area contributed by atoms with Crippen LogP contribution in [0.3, 0.4) is 0 Å². The molecule has 0 aliphatic heterocycles. The first-order valence-corrected chi connectivity index (χ1v) is 8.05. The van der Waals surface area contributed by atoms with Crippen molar-refractivity contribution in [1.82, 2.24) is 0 Å². The van der Waals surface area contributed by atoms with E-state index in [1.807, 2.05) is 24.3 Å². The molecule has 0 aromatic heterocycles. The van der Waals surface area contributed by atoms with Gasteiger partial charge in [-0.2, -0.15) is 0 Å². The van der Waals surface area contributed by atoms with Gasteiger partial charge in [0, 0.05) is 22.7 Å². The highest BCUT2D eigenvalue weighted by molar-refractivity contribution is 7.99. The molecule has 0 aliphatic carbocycles. The van der Waals surface area contributed by atoms with E-state index < -0.39 is 0 Å². The summed E-state index contributed by atoms with van der Waals surface area (Å²) in [7, 11) is 0. The van der Waals surface area contributed by atoms with E-state index in [0.717, 1.165) is 27.5 Å². The van der Waals surface area contributed by atoms with Crippen molar-refractivity contribution in [1.29, 1.82) is 0 Å². The van der Waals surface area contributed by atoms with Crippen LogP contribution in [-0.4, -0.2) is 10.7 Å². The Morgan fingerprint density at radius 1 is 1.29 bits per heavy atom. The molecule has 5 heteroatoms. The van der Waals surface area contributed by atoms with Gasteiger partial charge in [0.25, 0.3) is 0 Å². The van der Waals surface area contributed by atoms with E-state index in [-0.39, 0.29) is 5.82 Å². The molecule has 0 spiro atoms. The van der Waals surface area contributed by atoms with Crippen LogP contribution in [0.1, 0.15) is 18.1 Å². The lowest BCUT2D eigenvalue weighted by molar-refractivity contribution is 0.626. The highest BCUT2D eigenvalue weighted by Crippen LogP contribution is 2.28. The molecule has 2 rings (SSSR count). The molecule has 110 valence electrons. The van der Waals surface area contributed by atoms with Gasteiger partial charge in [0.2, 0.25) is 0 Å². The zero-order chi connectivity index (χ0) is 15.2. The number of anilines is 1. The maximum Gasteiger partial charge on any atom is 0.123 e. The van der Waals surface area contributed by atoms with E-state index in [4.69, 9.17) is 18.0 Å². The van der Waals surface area contributed by atoms with Crippen LogP contribution in [0, 0.1) is 5.82 Å². The van der Waals surface area contributed by atoms with Crippen molar-refractivity contribution < 1.29 is 4.39 Å². The zero-order valence-corrected chi connectivity index (χ0v) is 13.4. The van der Waals surface area contributed by atoms with Crippen LogP contribution in [0.5, 0.6) is 0 Å². The van der Waals surface area contributed by atoms with Crippen LogP contribution in [-0.2, 0) is 6.54 Å². The maximum absolute atomic E-state index is 13.2. The Kier molecular flexibility index (Phi) is 5.59. The topological polar surface area (TPSA) is 38.0 Å². The molecule has 0 saturated heterocycles. The van der Waals surface area contributed by atoms with Crippen LogP contribution in [0.4, 0.5) is 10.1 Å². The minimum atomic E-state index is -0.237. The lowest BCUT2D eigenvalue weighted by Gasteiger charge is -2.15. The number of nitrogens with one attached hydrogen (secondary N) is 1. The summed E-state index contributed by atoms with van der Waals surface area (Å²) in [5, 5.41) is 3.29. The second kappa shape index (κ2) is 7.43. The Morgan fingerprint density at radius 2 is 2.05 bits per heavy atom. The molecule has 0 heterocycles. The van der Waals surface area contributed by atoms with Crippen LogP contribution < -0.4 is 11.1 Å². The minimum Gasteiger partial charge on any atom is -0.389 e. The van der Waals surface area contributed by atoms with E-state index >= 15 is 0 Å². The third kappa shape index (κ3) is 4.19. The largest absolute Gasteiger partial charge is 0.389 e.